The molecule has 0 radical (unpaired) electrons. The molecule has 0 saturated carbocycles. The van der Waals surface area contributed by atoms with Crippen LogP contribution in [-0.2, 0) is 4.79 Å². The maximum atomic E-state index is 11.9. The molecule has 1 amide bonds. The van der Waals surface area contributed by atoms with Crippen molar-refractivity contribution in [2.24, 2.45) is 0 Å². The lowest BCUT2D eigenvalue weighted by molar-refractivity contribution is -0.126. The fraction of sp³-hybridized carbons (Fsp3) is 0.562. The Morgan fingerprint density at radius 2 is 1.90 bits per heavy atom. The van der Waals surface area contributed by atoms with Gasteiger partial charge in [-0.2, -0.15) is 0 Å². The zero-order valence-corrected chi connectivity index (χ0v) is 12.9. The Kier molecular flexibility index (Phi) is 6.65. The van der Waals surface area contributed by atoms with Gasteiger partial charge in [0.2, 0.25) is 0 Å². The average Bonchev–Trinajstić information content (AvgIpc) is 2.51. The summed E-state index contributed by atoms with van der Waals surface area (Å²) in [4.78, 5) is 11.9. The monoisotopic (exact) mass is 295 g/mol. The number of nitrogens with one attached hydrogen (secondary N) is 1. The topological polar surface area (TPSA) is 78.8 Å². The van der Waals surface area contributed by atoms with Crippen LogP contribution in [0.15, 0.2) is 24.3 Å². The summed E-state index contributed by atoms with van der Waals surface area (Å²) in [5.74, 6) is 0.616. The number of benzene rings is 1. The van der Waals surface area contributed by atoms with Crippen LogP contribution < -0.4 is 10.1 Å². The molecule has 0 aliphatic rings. The highest BCUT2D eigenvalue weighted by Crippen LogP contribution is 2.25. The molecule has 0 heterocycles. The molecule has 5 heteroatoms. The van der Waals surface area contributed by atoms with Gasteiger partial charge in [-0.3, -0.25) is 4.79 Å². The predicted octanol–water partition coefficient (Wildman–Crippen LogP) is 1.44. The maximum absolute atomic E-state index is 11.9. The first-order chi connectivity index (χ1) is 9.98. The van der Waals surface area contributed by atoms with Gasteiger partial charge < -0.3 is 20.3 Å². The summed E-state index contributed by atoms with van der Waals surface area (Å²) < 4.78 is 5.56. The third-order valence-corrected chi connectivity index (χ3v) is 3.59. The SMILES string of the molecule is CCC(CO)(CO)NC(=O)COc1ccccc1C(C)C. The Balaban J connectivity index is 2.65. The van der Waals surface area contributed by atoms with E-state index in [0.717, 1.165) is 5.56 Å². The van der Waals surface area contributed by atoms with Crippen molar-refractivity contribution in [1.82, 2.24) is 5.32 Å². The van der Waals surface area contributed by atoms with Crippen LogP contribution in [0, 0.1) is 0 Å². The Morgan fingerprint density at radius 1 is 1.29 bits per heavy atom. The first-order valence-corrected chi connectivity index (χ1v) is 7.22. The summed E-state index contributed by atoms with van der Waals surface area (Å²) >= 11 is 0. The maximum Gasteiger partial charge on any atom is 0.258 e. The van der Waals surface area contributed by atoms with Crippen molar-refractivity contribution in [3.05, 3.63) is 29.8 Å². The molecular weight excluding hydrogens is 270 g/mol. The molecule has 0 atom stereocenters. The fourth-order valence-corrected chi connectivity index (χ4v) is 2.01. The number of ether oxygens (including phenoxy) is 1. The van der Waals surface area contributed by atoms with Crippen molar-refractivity contribution in [2.75, 3.05) is 19.8 Å². The van der Waals surface area contributed by atoms with Crippen molar-refractivity contribution in [2.45, 2.75) is 38.6 Å². The second-order valence-corrected chi connectivity index (χ2v) is 5.48. The Hall–Kier alpha value is -1.59. The lowest BCUT2D eigenvalue weighted by Gasteiger charge is -2.29. The Labute approximate surface area is 125 Å². The second kappa shape index (κ2) is 8.00. The first kappa shape index (κ1) is 17.5. The number of para-hydroxylation sites is 1. The van der Waals surface area contributed by atoms with Gasteiger partial charge in [-0.1, -0.05) is 39.0 Å². The highest BCUT2D eigenvalue weighted by Gasteiger charge is 2.28. The van der Waals surface area contributed by atoms with Gasteiger partial charge in [0.25, 0.3) is 5.91 Å². The summed E-state index contributed by atoms with van der Waals surface area (Å²) in [7, 11) is 0. The minimum Gasteiger partial charge on any atom is -0.483 e. The molecular formula is C16H25NO4. The van der Waals surface area contributed by atoms with Crippen molar-refractivity contribution in [3.8, 4) is 5.75 Å². The highest BCUT2D eigenvalue weighted by molar-refractivity contribution is 5.78. The number of rotatable bonds is 8. The van der Waals surface area contributed by atoms with Crippen molar-refractivity contribution in [1.29, 1.82) is 0 Å². The molecule has 21 heavy (non-hydrogen) atoms. The number of carbonyl (C=O) groups is 1. The van der Waals surface area contributed by atoms with E-state index in [-0.39, 0.29) is 25.7 Å². The molecule has 0 bridgehead atoms. The van der Waals surface area contributed by atoms with Crippen LogP contribution in [0.5, 0.6) is 5.75 Å². The predicted molar refractivity (Wildman–Crippen MR) is 81.4 cm³/mol. The molecule has 0 saturated heterocycles. The summed E-state index contributed by atoms with van der Waals surface area (Å²) in [5.41, 5.74) is 0.0502. The van der Waals surface area contributed by atoms with Crippen LogP contribution in [0.2, 0.25) is 0 Å². The number of hydrogen-bond donors (Lipinski definition) is 3. The van der Waals surface area contributed by atoms with Gasteiger partial charge in [-0.05, 0) is 24.0 Å². The van der Waals surface area contributed by atoms with E-state index in [0.29, 0.717) is 18.1 Å². The van der Waals surface area contributed by atoms with Gasteiger partial charge in [0.15, 0.2) is 6.61 Å². The van der Waals surface area contributed by atoms with Gasteiger partial charge in [0.1, 0.15) is 5.75 Å². The van der Waals surface area contributed by atoms with Crippen molar-refractivity contribution < 1.29 is 19.7 Å². The van der Waals surface area contributed by atoms with E-state index in [2.05, 4.69) is 19.2 Å². The number of carbonyl (C=O) groups excluding carboxylic acids is 1. The standard InChI is InChI=1S/C16H25NO4/c1-4-16(10-18,11-19)17-15(20)9-21-14-8-6-5-7-13(14)12(2)3/h5-8,12,18-19H,4,9-11H2,1-3H3,(H,17,20). The Morgan fingerprint density at radius 3 is 2.43 bits per heavy atom. The molecule has 0 unspecified atom stereocenters. The molecule has 0 fully saturated rings. The largest absolute Gasteiger partial charge is 0.483 e. The van der Waals surface area contributed by atoms with Crippen molar-refractivity contribution >= 4 is 5.91 Å². The minimum atomic E-state index is -0.988. The molecule has 3 N–H and O–H groups in total. The molecule has 1 rings (SSSR count). The zero-order chi connectivity index (χ0) is 15.9. The molecule has 0 spiro atoms. The minimum absolute atomic E-state index is 0.147. The van der Waals surface area contributed by atoms with Gasteiger partial charge in [0, 0.05) is 0 Å². The molecule has 0 aromatic heterocycles. The highest BCUT2D eigenvalue weighted by atomic mass is 16.5. The van der Waals surface area contributed by atoms with Crippen LogP contribution in [0.3, 0.4) is 0 Å². The van der Waals surface area contributed by atoms with Crippen LogP contribution in [0.4, 0.5) is 0 Å². The second-order valence-electron chi connectivity index (χ2n) is 5.48. The summed E-state index contributed by atoms with van der Waals surface area (Å²) in [5, 5.41) is 21.3. The van der Waals surface area contributed by atoms with Crippen molar-refractivity contribution in [3.63, 3.8) is 0 Å². The van der Waals surface area contributed by atoms with E-state index < -0.39 is 5.54 Å². The first-order valence-electron chi connectivity index (χ1n) is 7.22. The van der Waals surface area contributed by atoms with Crippen LogP contribution >= 0.6 is 0 Å². The Bertz CT molecular complexity index is 447. The smallest absolute Gasteiger partial charge is 0.258 e. The van der Waals surface area contributed by atoms with Gasteiger partial charge in [-0.15, -0.1) is 0 Å². The van der Waals surface area contributed by atoms with Gasteiger partial charge >= 0.3 is 0 Å². The van der Waals surface area contributed by atoms with Gasteiger partial charge in [-0.25, -0.2) is 0 Å². The van der Waals surface area contributed by atoms with Gasteiger partial charge in [0.05, 0.1) is 18.8 Å². The van der Waals surface area contributed by atoms with Crippen LogP contribution in [-0.4, -0.2) is 41.5 Å². The van der Waals surface area contributed by atoms with Crippen LogP contribution in [0.25, 0.3) is 0 Å². The fourth-order valence-electron chi connectivity index (χ4n) is 2.01. The van der Waals surface area contributed by atoms with Crippen LogP contribution in [0.1, 0.15) is 38.7 Å². The van der Waals surface area contributed by atoms with E-state index in [1.807, 2.05) is 24.3 Å². The lowest BCUT2D eigenvalue weighted by Crippen LogP contribution is -2.55. The normalized spacial score (nSPS) is 11.5. The molecule has 1 aromatic rings. The number of aliphatic hydroxyl groups is 2. The molecule has 0 aliphatic heterocycles. The molecule has 1 aromatic carbocycles. The summed E-state index contributed by atoms with van der Waals surface area (Å²) in [6, 6.07) is 7.59. The van der Waals surface area contributed by atoms with E-state index in [9.17, 15) is 15.0 Å². The molecule has 0 aliphatic carbocycles. The van der Waals surface area contributed by atoms with E-state index in [1.54, 1.807) is 6.92 Å². The third-order valence-electron chi connectivity index (χ3n) is 3.59. The summed E-state index contributed by atoms with van der Waals surface area (Å²) in [6.45, 7) is 5.14. The van der Waals surface area contributed by atoms with E-state index in [1.165, 1.54) is 0 Å². The lowest BCUT2D eigenvalue weighted by atomic mass is 9.98. The van der Waals surface area contributed by atoms with E-state index in [4.69, 9.17) is 4.74 Å². The average molecular weight is 295 g/mol. The summed E-state index contributed by atoms with van der Waals surface area (Å²) in [6.07, 6.45) is 0.439. The molecule has 5 nitrogen and oxygen atoms in total. The van der Waals surface area contributed by atoms with E-state index >= 15 is 0 Å². The zero-order valence-electron chi connectivity index (χ0n) is 12.9. The number of amides is 1. The quantitative estimate of drug-likeness (QED) is 0.678. The third kappa shape index (κ3) is 4.72. The number of aliphatic hydroxyl groups excluding tert-OH is 2. The number of hydrogen-bond acceptors (Lipinski definition) is 4. The molecule has 118 valence electrons.